The summed E-state index contributed by atoms with van der Waals surface area (Å²) in [6.07, 6.45) is 5.17. The summed E-state index contributed by atoms with van der Waals surface area (Å²) in [4.78, 5) is 4.30. The van der Waals surface area contributed by atoms with Crippen LogP contribution in [0.2, 0.25) is 0 Å². The van der Waals surface area contributed by atoms with Gasteiger partial charge >= 0.3 is 0 Å². The van der Waals surface area contributed by atoms with Gasteiger partial charge in [-0.1, -0.05) is 20.8 Å². The lowest BCUT2D eigenvalue weighted by atomic mass is 9.64. The topological polar surface area (TPSA) is 45.1 Å². The molecule has 18 heavy (non-hydrogen) atoms. The molecule has 0 saturated heterocycles. The van der Waals surface area contributed by atoms with E-state index in [1.165, 1.54) is 6.42 Å². The third-order valence-corrected chi connectivity index (χ3v) is 4.64. The fourth-order valence-corrected chi connectivity index (χ4v) is 4.21. The molecule has 1 aliphatic rings. The SMILES string of the molecule is CC1CC(C)(C)CC(CO)(NCc2nccs2)C1. The fourth-order valence-electron chi connectivity index (χ4n) is 3.66. The monoisotopic (exact) mass is 268 g/mol. The third kappa shape index (κ3) is 3.31. The lowest BCUT2D eigenvalue weighted by Crippen LogP contribution is -2.54. The molecule has 1 fully saturated rings. The number of thiazole rings is 1. The zero-order valence-electron chi connectivity index (χ0n) is 11.6. The Morgan fingerprint density at radius 3 is 2.83 bits per heavy atom. The molecule has 0 bridgehead atoms. The Hall–Kier alpha value is -0.450. The summed E-state index contributed by atoms with van der Waals surface area (Å²) in [5.74, 6) is 0.657. The molecule has 1 aromatic rings. The number of rotatable bonds is 4. The Kier molecular flexibility index (Phi) is 4.09. The van der Waals surface area contributed by atoms with Crippen LogP contribution >= 0.6 is 11.3 Å². The van der Waals surface area contributed by atoms with Crippen molar-refractivity contribution in [2.24, 2.45) is 11.3 Å². The van der Waals surface area contributed by atoms with Crippen LogP contribution in [0.25, 0.3) is 0 Å². The molecule has 4 heteroatoms. The molecule has 0 spiro atoms. The van der Waals surface area contributed by atoms with E-state index in [0.717, 1.165) is 24.4 Å². The first-order chi connectivity index (χ1) is 8.45. The lowest BCUT2D eigenvalue weighted by molar-refractivity contribution is 0.0352. The van der Waals surface area contributed by atoms with Gasteiger partial charge in [-0.3, -0.25) is 0 Å². The number of nitrogens with zero attached hydrogens (tertiary/aromatic N) is 1. The summed E-state index contributed by atoms with van der Waals surface area (Å²) in [6.45, 7) is 7.87. The molecule has 3 nitrogen and oxygen atoms in total. The minimum absolute atomic E-state index is 0.132. The maximum atomic E-state index is 9.84. The van der Waals surface area contributed by atoms with Gasteiger partial charge in [-0.2, -0.15) is 0 Å². The van der Waals surface area contributed by atoms with Crippen molar-refractivity contribution in [3.63, 3.8) is 0 Å². The van der Waals surface area contributed by atoms with Gasteiger partial charge in [0, 0.05) is 23.7 Å². The quantitative estimate of drug-likeness (QED) is 0.882. The number of aromatic nitrogens is 1. The highest BCUT2D eigenvalue weighted by molar-refractivity contribution is 7.09. The smallest absolute Gasteiger partial charge is 0.106 e. The highest BCUT2D eigenvalue weighted by Crippen LogP contribution is 2.43. The molecule has 0 amide bonds. The molecule has 0 radical (unpaired) electrons. The van der Waals surface area contributed by atoms with E-state index in [4.69, 9.17) is 0 Å². The van der Waals surface area contributed by atoms with Gasteiger partial charge in [0.2, 0.25) is 0 Å². The lowest BCUT2D eigenvalue weighted by Gasteiger charge is -2.47. The first kappa shape index (κ1) is 14.0. The van der Waals surface area contributed by atoms with Crippen molar-refractivity contribution in [3.05, 3.63) is 16.6 Å². The van der Waals surface area contributed by atoms with E-state index in [0.29, 0.717) is 11.3 Å². The van der Waals surface area contributed by atoms with E-state index >= 15 is 0 Å². The van der Waals surface area contributed by atoms with Gasteiger partial charge < -0.3 is 10.4 Å². The average molecular weight is 268 g/mol. The summed E-state index contributed by atoms with van der Waals surface area (Å²) in [5.41, 5.74) is 0.170. The third-order valence-electron chi connectivity index (χ3n) is 3.86. The Morgan fingerprint density at radius 2 is 2.28 bits per heavy atom. The largest absolute Gasteiger partial charge is 0.394 e. The minimum atomic E-state index is -0.132. The van der Waals surface area contributed by atoms with Gasteiger partial charge in [-0.25, -0.2) is 4.98 Å². The van der Waals surface area contributed by atoms with Crippen molar-refractivity contribution in [1.29, 1.82) is 0 Å². The number of nitrogens with one attached hydrogen (secondary N) is 1. The maximum Gasteiger partial charge on any atom is 0.106 e. The van der Waals surface area contributed by atoms with Crippen molar-refractivity contribution in [1.82, 2.24) is 10.3 Å². The zero-order chi connectivity index (χ0) is 13.2. The summed E-state index contributed by atoms with van der Waals surface area (Å²) in [6, 6.07) is 0. The molecule has 1 heterocycles. The van der Waals surface area contributed by atoms with Crippen LogP contribution in [0.1, 0.15) is 45.0 Å². The summed E-state index contributed by atoms with van der Waals surface area (Å²) >= 11 is 1.67. The zero-order valence-corrected chi connectivity index (χ0v) is 12.4. The summed E-state index contributed by atoms with van der Waals surface area (Å²) in [5, 5.41) is 16.5. The second kappa shape index (κ2) is 5.27. The highest BCUT2D eigenvalue weighted by atomic mass is 32.1. The van der Waals surface area contributed by atoms with Crippen LogP contribution in [-0.4, -0.2) is 22.2 Å². The molecule has 2 rings (SSSR count). The van der Waals surface area contributed by atoms with Gasteiger partial charge in [0.15, 0.2) is 0 Å². The van der Waals surface area contributed by atoms with Crippen molar-refractivity contribution >= 4 is 11.3 Å². The molecule has 1 aliphatic carbocycles. The van der Waals surface area contributed by atoms with E-state index in [-0.39, 0.29) is 12.1 Å². The van der Waals surface area contributed by atoms with Crippen LogP contribution in [0.3, 0.4) is 0 Å². The van der Waals surface area contributed by atoms with Crippen LogP contribution in [0.15, 0.2) is 11.6 Å². The van der Waals surface area contributed by atoms with Crippen molar-refractivity contribution < 1.29 is 5.11 Å². The van der Waals surface area contributed by atoms with E-state index in [1.54, 1.807) is 11.3 Å². The van der Waals surface area contributed by atoms with E-state index in [1.807, 2.05) is 11.6 Å². The van der Waals surface area contributed by atoms with E-state index in [2.05, 4.69) is 31.1 Å². The molecular weight excluding hydrogens is 244 g/mol. The summed E-state index contributed by atoms with van der Waals surface area (Å²) in [7, 11) is 0. The van der Waals surface area contributed by atoms with Crippen molar-refractivity contribution in [2.75, 3.05) is 6.61 Å². The Bertz CT molecular complexity index is 377. The molecule has 2 atom stereocenters. The molecule has 2 unspecified atom stereocenters. The average Bonchev–Trinajstić information content (AvgIpc) is 2.76. The molecule has 0 aromatic carbocycles. The number of aliphatic hydroxyl groups excluding tert-OH is 1. The molecule has 2 N–H and O–H groups in total. The Labute approximate surface area is 114 Å². The normalized spacial score (nSPS) is 31.4. The highest BCUT2D eigenvalue weighted by Gasteiger charge is 2.42. The second-order valence-electron chi connectivity index (χ2n) is 6.57. The van der Waals surface area contributed by atoms with Gasteiger partial charge in [0.1, 0.15) is 5.01 Å². The predicted octanol–water partition coefficient (Wildman–Crippen LogP) is 2.81. The van der Waals surface area contributed by atoms with Crippen LogP contribution in [0.5, 0.6) is 0 Å². The van der Waals surface area contributed by atoms with Crippen LogP contribution in [0, 0.1) is 11.3 Å². The fraction of sp³-hybridized carbons (Fsp3) is 0.786. The van der Waals surface area contributed by atoms with E-state index < -0.39 is 0 Å². The van der Waals surface area contributed by atoms with Crippen molar-refractivity contribution in [2.45, 2.75) is 52.1 Å². The molecule has 1 aromatic heterocycles. The van der Waals surface area contributed by atoms with Crippen LogP contribution in [-0.2, 0) is 6.54 Å². The Balaban J connectivity index is 2.05. The van der Waals surface area contributed by atoms with Gasteiger partial charge in [0.05, 0.1) is 6.61 Å². The minimum Gasteiger partial charge on any atom is -0.394 e. The first-order valence-corrected chi connectivity index (χ1v) is 7.57. The summed E-state index contributed by atoms with van der Waals surface area (Å²) < 4.78 is 0. The number of hydrogen-bond donors (Lipinski definition) is 2. The Morgan fingerprint density at radius 1 is 1.50 bits per heavy atom. The standard InChI is InChI=1S/C14H24N2OS/c1-11-6-13(2,3)9-14(7-11,10-17)16-8-12-15-4-5-18-12/h4-5,11,16-17H,6-10H2,1-3H3. The van der Waals surface area contributed by atoms with Gasteiger partial charge in [-0.15, -0.1) is 11.3 Å². The molecule has 1 saturated carbocycles. The molecule has 102 valence electrons. The number of aliphatic hydroxyl groups is 1. The van der Waals surface area contributed by atoms with Crippen LogP contribution in [0.4, 0.5) is 0 Å². The first-order valence-electron chi connectivity index (χ1n) is 6.69. The second-order valence-corrected chi connectivity index (χ2v) is 7.55. The maximum absolute atomic E-state index is 9.84. The van der Waals surface area contributed by atoms with Crippen molar-refractivity contribution in [3.8, 4) is 0 Å². The number of hydrogen-bond acceptors (Lipinski definition) is 4. The van der Waals surface area contributed by atoms with Crippen LogP contribution < -0.4 is 5.32 Å². The molecular formula is C14H24N2OS. The predicted molar refractivity (Wildman–Crippen MR) is 75.6 cm³/mol. The molecule has 0 aliphatic heterocycles. The van der Waals surface area contributed by atoms with Gasteiger partial charge in [0.25, 0.3) is 0 Å². The van der Waals surface area contributed by atoms with Gasteiger partial charge in [-0.05, 0) is 30.6 Å². The van der Waals surface area contributed by atoms with E-state index in [9.17, 15) is 5.11 Å².